The molecule has 3 rings (SSSR count). The molecule has 2 aromatic rings. The number of carbonyl (C=O) groups excluding carboxylic acids is 4. The summed E-state index contributed by atoms with van der Waals surface area (Å²) in [6, 6.07) is 11.5. The summed E-state index contributed by atoms with van der Waals surface area (Å²) in [5, 5.41) is 2.66. The predicted octanol–water partition coefficient (Wildman–Crippen LogP) is 2.43. The molecule has 0 saturated heterocycles. The van der Waals surface area contributed by atoms with Crippen molar-refractivity contribution >= 4 is 29.2 Å². The lowest BCUT2D eigenvalue weighted by molar-refractivity contribution is -0.116. The zero-order valence-corrected chi connectivity index (χ0v) is 13.8. The molecule has 1 heterocycles. The van der Waals surface area contributed by atoms with E-state index in [4.69, 9.17) is 0 Å². The lowest BCUT2D eigenvalue weighted by Crippen LogP contribution is -2.37. The molecular weight excluding hydrogens is 320 g/mol. The number of aryl methyl sites for hydroxylation is 1. The van der Waals surface area contributed by atoms with Crippen molar-refractivity contribution in [3.8, 4) is 0 Å². The molecule has 0 aromatic heterocycles. The molecule has 25 heavy (non-hydrogen) atoms. The monoisotopic (exact) mass is 336 g/mol. The topological polar surface area (TPSA) is 83.6 Å². The molecule has 0 bridgehead atoms. The number of anilines is 1. The van der Waals surface area contributed by atoms with Gasteiger partial charge in [0.15, 0.2) is 5.78 Å². The molecule has 1 aliphatic rings. The molecule has 2 aromatic carbocycles. The predicted molar refractivity (Wildman–Crippen MR) is 91.6 cm³/mol. The van der Waals surface area contributed by atoms with Gasteiger partial charge in [0.2, 0.25) is 5.91 Å². The number of fused-ring (bicyclic) bond motifs is 1. The minimum Gasteiger partial charge on any atom is -0.324 e. The van der Waals surface area contributed by atoms with Crippen LogP contribution in [0, 0.1) is 6.92 Å². The van der Waals surface area contributed by atoms with Gasteiger partial charge in [0.1, 0.15) is 6.54 Å². The zero-order chi connectivity index (χ0) is 18.1. The number of imide groups is 1. The van der Waals surface area contributed by atoms with Crippen LogP contribution in [0.2, 0.25) is 0 Å². The van der Waals surface area contributed by atoms with Crippen molar-refractivity contribution in [3.63, 3.8) is 0 Å². The van der Waals surface area contributed by atoms with E-state index in [-0.39, 0.29) is 12.3 Å². The molecule has 0 aliphatic carbocycles. The molecule has 6 heteroatoms. The number of nitrogens with one attached hydrogen (secondary N) is 1. The summed E-state index contributed by atoms with van der Waals surface area (Å²) in [6.45, 7) is 2.85. The van der Waals surface area contributed by atoms with Gasteiger partial charge >= 0.3 is 0 Å². The SMILES string of the molecule is CC(=O)c1ccc(C)c(NC(=O)CN2C(=O)c3ccccc3C2=O)c1. The molecule has 1 N–H and O–H groups in total. The molecule has 0 saturated carbocycles. The third-order valence-corrected chi connectivity index (χ3v) is 4.10. The molecule has 0 unspecified atom stereocenters. The first-order chi connectivity index (χ1) is 11.9. The van der Waals surface area contributed by atoms with Crippen LogP contribution in [0.15, 0.2) is 42.5 Å². The van der Waals surface area contributed by atoms with E-state index in [2.05, 4.69) is 5.32 Å². The van der Waals surface area contributed by atoms with E-state index in [1.54, 1.807) is 49.4 Å². The summed E-state index contributed by atoms with van der Waals surface area (Å²) in [5.74, 6) is -1.58. The van der Waals surface area contributed by atoms with Gasteiger partial charge in [-0.2, -0.15) is 0 Å². The van der Waals surface area contributed by atoms with Crippen LogP contribution in [-0.2, 0) is 4.79 Å². The van der Waals surface area contributed by atoms with E-state index in [1.807, 2.05) is 0 Å². The highest BCUT2D eigenvalue weighted by Crippen LogP contribution is 2.23. The molecule has 0 fully saturated rings. The minimum absolute atomic E-state index is 0.115. The third-order valence-electron chi connectivity index (χ3n) is 4.10. The van der Waals surface area contributed by atoms with E-state index in [1.165, 1.54) is 6.92 Å². The van der Waals surface area contributed by atoms with Gasteiger partial charge in [0.05, 0.1) is 11.1 Å². The van der Waals surface area contributed by atoms with Gasteiger partial charge in [-0.25, -0.2) is 0 Å². The van der Waals surface area contributed by atoms with Gasteiger partial charge in [-0.05, 0) is 37.6 Å². The van der Waals surface area contributed by atoms with Gasteiger partial charge in [0, 0.05) is 11.3 Å². The van der Waals surface area contributed by atoms with E-state index in [0.29, 0.717) is 22.4 Å². The van der Waals surface area contributed by atoms with Gasteiger partial charge in [-0.15, -0.1) is 0 Å². The lowest BCUT2D eigenvalue weighted by atomic mass is 10.1. The number of rotatable bonds is 4. The van der Waals surface area contributed by atoms with Crippen LogP contribution in [0.5, 0.6) is 0 Å². The average molecular weight is 336 g/mol. The third kappa shape index (κ3) is 3.06. The number of benzene rings is 2. The Kier molecular flexibility index (Phi) is 4.19. The summed E-state index contributed by atoms with van der Waals surface area (Å²) >= 11 is 0. The highest BCUT2D eigenvalue weighted by molar-refractivity contribution is 6.22. The number of Topliss-reactive ketones (excluding diaryl/α,β-unsaturated/α-hetero) is 1. The minimum atomic E-state index is -0.502. The van der Waals surface area contributed by atoms with Crippen LogP contribution in [0.4, 0.5) is 5.69 Å². The number of ketones is 1. The maximum Gasteiger partial charge on any atom is 0.262 e. The van der Waals surface area contributed by atoms with Crippen molar-refractivity contribution in [3.05, 3.63) is 64.7 Å². The quantitative estimate of drug-likeness (QED) is 0.686. The molecule has 6 nitrogen and oxygen atoms in total. The Labute approximate surface area is 144 Å². The van der Waals surface area contributed by atoms with Crippen molar-refractivity contribution in [1.29, 1.82) is 0 Å². The van der Waals surface area contributed by atoms with Gasteiger partial charge in [-0.1, -0.05) is 24.3 Å². The molecule has 0 radical (unpaired) electrons. The Morgan fingerprint density at radius 3 is 2.16 bits per heavy atom. The second-order valence-corrected chi connectivity index (χ2v) is 5.88. The molecule has 3 amide bonds. The Bertz CT molecular complexity index is 882. The van der Waals surface area contributed by atoms with Crippen molar-refractivity contribution in [2.75, 3.05) is 11.9 Å². The van der Waals surface area contributed by atoms with Crippen LogP contribution >= 0.6 is 0 Å². The van der Waals surface area contributed by atoms with Crippen LogP contribution in [-0.4, -0.2) is 34.9 Å². The van der Waals surface area contributed by atoms with Crippen molar-refractivity contribution < 1.29 is 19.2 Å². The average Bonchev–Trinajstić information content (AvgIpc) is 2.82. The zero-order valence-electron chi connectivity index (χ0n) is 13.8. The molecule has 1 aliphatic heterocycles. The summed E-state index contributed by atoms with van der Waals surface area (Å²) < 4.78 is 0. The fourth-order valence-corrected chi connectivity index (χ4v) is 2.69. The van der Waals surface area contributed by atoms with Crippen LogP contribution in [0.25, 0.3) is 0 Å². The Morgan fingerprint density at radius 1 is 1.00 bits per heavy atom. The summed E-state index contributed by atoms with van der Waals surface area (Å²) in [6.07, 6.45) is 0. The molecule has 126 valence electrons. The largest absolute Gasteiger partial charge is 0.324 e. The van der Waals surface area contributed by atoms with Crippen molar-refractivity contribution in [2.45, 2.75) is 13.8 Å². The summed E-state index contributed by atoms with van der Waals surface area (Å²) in [7, 11) is 0. The number of amides is 3. The summed E-state index contributed by atoms with van der Waals surface area (Å²) in [5.41, 5.74) is 2.33. The van der Waals surface area contributed by atoms with E-state index in [9.17, 15) is 19.2 Å². The number of nitrogens with zero attached hydrogens (tertiary/aromatic N) is 1. The molecule has 0 spiro atoms. The smallest absolute Gasteiger partial charge is 0.262 e. The maximum absolute atomic E-state index is 12.3. The first-order valence-electron chi connectivity index (χ1n) is 7.75. The van der Waals surface area contributed by atoms with Crippen molar-refractivity contribution in [1.82, 2.24) is 4.90 Å². The first-order valence-corrected chi connectivity index (χ1v) is 7.75. The Hall–Kier alpha value is -3.28. The van der Waals surface area contributed by atoms with Crippen LogP contribution in [0.3, 0.4) is 0 Å². The second kappa shape index (κ2) is 6.32. The maximum atomic E-state index is 12.3. The lowest BCUT2D eigenvalue weighted by Gasteiger charge is -2.15. The second-order valence-electron chi connectivity index (χ2n) is 5.88. The van der Waals surface area contributed by atoms with Crippen molar-refractivity contribution in [2.24, 2.45) is 0 Å². The van der Waals surface area contributed by atoms with E-state index >= 15 is 0 Å². The highest BCUT2D eigenvalue weighted by atomic mass is 16.2. The molecular formula is C19H16N2O4. The number of carbonyl (C=O) groups is 4. The number of hydrogen-bond donors (Lipinski definition) is 1. The van der Waals surface area contributed by atoms with Crippen LogP contribution in [0.1, 0.15) is 43.6 Å². The normalized spacial score (nSPS) is 13.0. The molecule has 0 atom stereocenters. The summed E-state index contributed by atoms with van der Waals surface area (Å²) in [4.78, 5) is 49.3. The van der Waals surface area contributed by atoms with Gasteiger partial charge in [0.25, 0.3) is 11.8 Å². The standard InChI is InChI=1S/C19H16N2O4/c1-11-7-8-13(12(2)22)9-16(11)20-17(23)10-21-18(24)14-5-3-4-6-15(14)19(21)25/h3-9H,10H2,1-2H3,(H,20,23). The first kappa shape index (κ1) is 16.6. The van der Waals surface area contributed by atoms with Gasteiger partial charge in [-0.3, -0.25) is 24.1 Å². The van der Waals surface area contributed by atoms with Crippen LogP contribution < -0.4 is 5.32 Å². The van der Waals surface area contributed by atoms with E-state index in [0.717, 1.165) is 10.5 Å². The Morgan fingerprint density at radius 2 is 1.60 bits per heavy atom. The van der Waals surface area contributed by atoms with E-state index < -0.39 is 17.7 Å². The number of hydrogen-bond acceptors (Lipinski definition) is 4. The fourth-order valence-electron chi connectivity index (χ4n) is 2.69. The highest BCUT2D eigenvalue weighted by Gasteiger charge is 2.36. The Balaban J connectivity index is 1.76. The fraction of sp³-hybridized carbons (Fsp3) is 0.158. The van der Waals surface area contributed by atoms with Gasteiger partial charge < -0.3 is 5.32 Å².